The number of hydrogen-bond acceptors (Lipinski definition) is 5. The topological polar surface area (TPSA) is 109 Å². The Labute approximate surface area is 102 Å². The Balaban J connectivity index is 3.55. The number of nitrogens with one attached hydrogen (secondary N) is 3. The molecule has 0 aliphatic heterocycles. The van der Waals surface area contributed by atoms with Crippen LogP contribution >= 0.6 is 0 Å². The van der Waals surface area contributed by atoms with Crippen LogP contribution < -0.4 is 16.4 Å². The summed E-state index contributed by atoms with van der Waals surface area (Å²) in [6.07, 6.45) is 0.424. The van der Waals surface area contributed by atoms with Gasteiger partial charge in [-0.1, -0.05) is 0 Å². The van der Waals surface area contributed by atoms with E-state index in [-0.39, 0.29) is 5.96 Å². The zero-order valence-corrected chi connectivity index (χ0v) is 10.4. The highest BCUT2D eigenvalue weighted by atomic mass is 16.5. The molecule has 100 valence electrons. The van der Waals surface area contributed by atoms with Crippen molar-refractivity contribution in [3.63, 3.8) is 0 Å². The highest BCUT2D eigenvalue weighted by Crippen LogP contribution is 1.90. The summed E-state index contributed by atoms with van der Waals surface area (Å²) >= 11 is 0. The summed E-state index contributed by atoms with van der Waals surface area (Å²) in [6, 6.07) is -0.644. The SMILES string of the molecule is CCOC(=O)[C@@H](N)CCNC(=N)NCCOC. The van der Waals surface area contributed by atoms with Crippen LogP contribution in [0.2, 0.25) is 0 Å². The largest absolute Gasteiger partial charge is 0.465 e. The fraction of sp³-hybridized carbons (Fsp3) is 0.800. The molecule has 0 unspecified atom stereocenters. The third-order valence-electron chi connectivity index (χ3n) is 1.95. The van der Waals surface area contributed by atoms with Crippen LogP contribution in [-0.2, 0) is 14.3 Å². The monoisotopic (exact) mass is 246 g/mol. The molecule has 0 radical (unpaired) electrons. The number of hydrogen-bond donors (Lipinski definition) is 4. The van der Waals surface area contributed by atoms with E-state index in [9.17, 15) is 4.79 Å². The molecule has 0 bridgehead atoms. The van der Waals surface area contributed by atoms with E-state index in [0.717, 1.165) is 0 Å². The number of esters is 1. The van der Waals surface area contributed by atoms with Gasteiger partial charge in [-0.3, -0.25) is 10.2 Å². The maximum Gasteiger partial charge on any atom is 0.322 e. The first-order chi connectivity index (χ1) is 8.11. The summed E-state index contributed by atoms with van der Waals surface area (Å²) in [7, 11) is 1.59. The molecule has 0 saturated carbocycles. The number of methoxy groups -OCH3 is 1. The molecule has 0 aromatic carbocycles. The molecule has 0 aromatic rings. The van der Waals surface area contributed by atoms with Gasteiger partial charge in [-0.15, -0.1) is 0 Å². The van der Waals surface area contributed by atoms with Crippen LogP contribution in [0, 0.1) is 5.41 Å². The number of guanidine groups is 1. The van der Waals surface area contributed by atoms with Gasteiger partial charge in [0.15, 0.2) is 5.96 Å². The normalized spacial score (nSPS) is 11.7. The van der Waals surface area contributed by atoms with Crippen molar-refractivity contribution < 1.29 is 14.3 Å². The fourth-order valence-electron chi connectivity index (χ4n) is 1.06. The van der Waals surface area contributed by atoms with Crippen LogP contribution in [0.4, 0.5) is 0 Å². The van der Waals surface area contributed by atoms with Crippen LogP contribution in [0.1, 0.15) is 13.3 Å². The summed E-state index contributed by atoms with van der Waals surface area (Å²) in [4.78, 5) is 11.2. The zero-order valence-electron chi connectivity index (χ0n) is 10.4. The number of carbonyl (C=O) groups is 1. The van der Waals surface area contributed by atoms with E-state index in [1.165, 1.54) is 0 Å². The first-order valence-corrected chi connectivity index (χ1v) is 5.59. The smallest absolute Gasteiger partial charge is 0.322 e. The van der Waals surface area contributed by atoms with Crippen molar-refractivity contribution in [1.29, 1.82) is 5.41 Å². The van der Waals surface area contributed by atoms with Gasteiger partial charge in [0.2, 0.25) is 0 Å². The van der Waals surface area contributed by atoms with Gasteiger partial charge < -0.3 is 25.8 Å². The Morgan fingerprint density at radius 2 is 2.06 bits per heavy atom. The maximum absolute atomic E-state index is 11.2. The molecule has 1 atom stereocenters. The third-order valence-corrected chi connectivity index (χ3v) is 1.95. The van der Waals surface area contributed by atoms with Crippen LogP contribution in [0.5, 0.6) is 0 Å². The second-order valence-corrected chi connectivity index (χ2v) is 3.37. The van der Waals surface area contributed by atoms with Crippen molar-refractivity contribution in [2.75, 3.05) is 33.4 Å². The Hall–Kier alpha value is -1.34. The van der Waals surface area contributed by atoms with E-state index in [1.807, 2.05) is 0 Å². The van der Waals surface area contributed by atoms with Gasteiger partial charge in [-0.05, 0) is 13.3 Å². The van der Waals surface area contributed by atoms with Gasteiger partial charge in [-0.2, -0.15) is 0 Å². The molecule has 0 saturated heterocycles. The molecule has 5 N–H and O–H groups in total. The summed E-state index contributed by atoms with van der Waals surface area (Å²) < 4.78 is 9.59. The Morgan fingerprint density at radius 3 is 2.65 bits per heavy atom. The molecule has 0 amide bonds. The molecule has 7 nitrogen and oxygen atoms in total. The van der Waals surface area contributed by atoms with Crippen LogP contribution in [0.3, 0.4) is 0 Å². The summed E-state index contributed by atoms with van der Waals surface area (Å²) in [5, 5.41) is 13.1. The zero-order chi connectivity index (χ0) is 13.1. The molecular weight excluding hydrogens is 224 g/mol. The maximum atomic E-state index is 11.2. The highest BCUT2D eigenvalue weighted by molar-refractivity contribution is 5.77. The molecule has 0 spiro atoms. The van der Waals surface area contributed by atoms with Crippen molar-refractivity contribution >= 4 is 11.9 Å². The van der Waals surface area contributed by atoms with Crippen molar-refractivity contribution in [3.05, 3.63) is 0 Å². The summed E-state index contributed by atoms with van der Waals surface area (Å²) in [6.45, 7) is 3.60. The van der Waals surface area contributed by atoms with E-state index in [0.29, 0.717) is 32.7 Å². The van der Waals surface area contributed by atoms with Gasteiger partial charge in [0.1, 0.15) is 6.04 Å². The first-order valence-electron chi connectivity index (χ1n) is 5.59. The summed E-state index contributed by atoms with van der Waals surface area (Å²) in [5.74, 6) is -0.216. The molecule has 0 rings (SSSR count). The Kier molecular flexibility index (Phi) is 9.08. The minimum Gasteiger partial charge on any atom is -0.465 e. The predicted molar refractivity (Wildman–Crippen MR) is 64.8 cm³/mol. The minimum atomic E-state index is -0.644. The quantitative estimate of drug-likeness (QED) is 0.190. The molecule has 7 heteroatoms. The van der Waals surface area contributed by atoms with Crippen LogP contribution in [0.15, 0.2) is 0 Å². The average molecular weight is 246 g/mol. The number of carbonyl (C=O) groups excluding carboxylic acids is 1. The molecule has 0 aliphatic rings. The van der Waals surface area contributed by atoms with E-state index in [2.05, 4.69) is 10.6 Å². The molecule has 0 aromatic heterocycles. The number of rotatable bonds is 8. The standard InChI is InChI=1S/C10H22N4O3/c1-3-17-9(15)8(11)4-5-13-10(12)14-6-7-16-2/h8H,3-7,11H2,1-2H3,(H3,12,13,14)/t8-/m0/s1. The molecule has 17 heavy (non-hydrogen) atoms. The van der Waals surface area contributed by atoms with Crippen LogP contribution in [-0.4, -0.2) is 51.4 Å². The van der Waals surface area contributed by atoms with Crippen molar-refractivity contribution in [2.24, 2.45) is 5.73 Å². The predicted octanol–water partition coefficient (Wildman–Crippen LogP) is -0.973. The van der Waals surface area contributed by atoms with Crippen molar-refractivity contribution in [2.45, 2.75) is 19.4 Å². The Morgan fingerprint density at radius 1 is 1.41 bits per heavy atom. The van der Waals surface area contributed by atoms with Crippen LogP contribution in [0.25, 0.3) is 0 Å². The fourth-order valence-corrected chi connectivity index (χ4v) is 1.06. The molecule has 0 aliphatic carbocycles. The minimum absolute atomic E-state index is 0.193. The molecule has 0 heterocycles. The lowest BCUT2D eigenvalue weighted by molar-refractivity contribution is -0.144. The lowest BCUT2D eigenvalue weighted by atomic mass is 10.2. The van der Waals surface area contributed by atoms with Gasteiger partial charge in [0.05, 0.1) is 13.2 Å². The Bertz CT molecular complexity index is 236. The summed E-state index contributed by atoms with van der Waals surface area (Å²) in [5.41, 5.74) is 5.59. The lowest BCUT2D eigenvalue weighted by Crippen LogP contribution is -2.41. The lowest BCUT2D eigenvalue weighted by Gasteiger charge is -2.13. The van der Waals surface area contributed by atoms with E-state index >= 15 is 0 Å². The highest BCUT2D eigenvalue weighted by Gasteiger charge is 2.13. The van der Waals surface area contributed by atoms with E-state index in [1.54, 1.807) is 14.0 Å². The number of nitrogens with two attached hydrogens (primary N) is 1. The van der Waals surface area contributed by atoms with Gasteiger partial charge in [-0.25, -0.2) is 0 Å². The molecule has 0 fully saturated rings. The third kappa shape index (κ3) is 8.47. The van der Waals surface area contributed by atoms with E-state index < -0.39 is 12.0 Å². The van der Waals surface area contributed by atoms with Crippen molar-refractivity contribution in [3.8, 4) is 0 Å². The van der Waals surface area contributed by atoms with Gasteiger partial charge in [0, 0.05) is 20.2 Å². The van der Waals surface area contributed by atoms with E-state index in [4.69, 9.17) is 20.6 Å². The number of ether oxygens (including phenoxy) is 2. The van der Waals surface area contributed by atoms with Crippen molar-refractivity contribution in [1.82, 2.24) is 10.6 Å². The molecular formula is C10H22N4O3. The second-order valence-electron chi connectivity index (χ2n) is 3.37. The van der Waals surface area contributed by atoms with Gasteiger partial charge in [0.25, 0.3) is 0 Å². The second kappa shape index (κ2) is 9.86. The van der Waals surface area contributed by atoms with Gasteiger partial charge >= 0.3 is 5.97 Å². The first kappa shape index (κ1) is 15.7. The average Bonchev–Trinajstić information content (AvgIpc) is 2.29.